The number of hydrogen-bond donors (Lipinski definition) is 0. The zero-order valence-electron chi connectivity index (χ0n) is 3.27. The Morgan fingerprint density at radius 1 is 1.25 bits per heavy atom. The summed E-state index contributed by atoms with van der Waals surface area (Å²) in [5, 5.41) is 0. The van der Waals surface area contributed by atoms with Gasteiger partial charge in [0.15, 0.2) is 0 Å². The molecular formula is CHF3O2RhS. The van der Waals surface area contributed by atoms with Crippen molar-refractivity contribution in [2.75, 3.05) is 0 Å². The minimum atomic E-state index is -3.67. The van der Waals surface area contributed by atoms with E-state index in [-0.39, 0.29) is 0 Å². The van der Waals surface area contributed by atoms with Crippen LogP contribution < -0.4 is 0 Å². The van der Waals surface area contributed by atoms with Crippen LogP contribution in [0, 0.1) is 0 Å². The van der Waals surface area contributed by atoms with E-state index in [0.29, 0.717) is 0 Å². The summed E-state index contributed by atoms with van der Waals surface area (Å²) in [6.07, 6.45) is 0. The summed E-state index contributed by atoms with van der Waals surface area (Å²) in [6, 6.07) is 0. The monoisotopic (exact) mass is 237 g/mol. The average Bonchev–Trinajstić information content (AvgIpc) is 1.25. The molecule has 0 rings (SSSR count). The molecule has 2 nitrogen and oxygen atoms in total. The van der Waals surface area contributed by atoms with Crippen molar-refractivity contribution >= 4 is 8.19 Å². The first kappa shape index (κ1) is 11.1. The van der Waals surface area contributed by atoms with Gasteiger partial charge in [-0.1, -0.05) is 0 Å². The first-order valence-corrected chi connectivity index (χ1v) is 4.07. The van der Waals surface area contributed by atoms with Gasteiger partial charge in [-0.05, 0) is 0 Å². The number of rotatable bonds is 0. The Morgan fingerprint density at radius 2 is 1.25 bits per heavy atom. The van der Waals surface area contributed by atoms with Crippen LogP contribution in [0.2, 0.25) is 0 Å². The molecule has 0 aromatic heterocycles. The summed E-state index contributed by atoms with van der Waals surface area (Å²) in [5.41, 5.74) is 0. The van der Waals surface area contributed by atoms with Gasteiger partial charge in [0.1, 0.15) is 0 Å². The van der Waals surface area contributed by atoms with E-state index in [1.807, 2.05) is 0 Å². The summed E-state index contributed by atoms with van der Waals surface area (Å²) in [6.45, 7) is -3.67. The van der Waals surface area contributed by atoms with E-state index in [1.165, 1.54) is 0 Å². The molecule has 0 bridgehead atoms. The van der Waals surface area contributed by atoms with Crippen LogP contribution in [0.3, 0.4) is 0 Å². The van der Waals surface area contributed by atoms with Gasteiger partial charge in [-0.25, -0.2) is 0 Å². The quantitative estimate of drug-likeness (QED) is 0.575. The van der Waals surface area contributed by atoms with Crippen LogP contribution in [0.1, 0.15) is 0 Å². The van der Waals surface area contributed by atoms with Gasteiger partial charge < -0.3 is 0 Å². The second-order valence-electron chi connectivity index (χ2n) is 0.427. The third kappa shape index (κ3) is 3130. The fourth-order valence-corrected chi connectivity index (χ4v) is 0. The molecular weight excluding hydrogens is 236 g/mol. The first-order chi connectivity index (χ1) is 3.46. The number of alkyl halides is 3. The molecule has 53 valence electrons. The predicted octanol–water partition coefficient (Wildman–Crippen LogP) is 0.506. The van der Waals surface area contributed by atoms with Crippen molar-refractivity contribution in [3.05, 3.63) is 0 Å². The number of halogens is 3. The van der Waals surface area contributed by atoms with Crippen LogP contribution >= 0.6 is 0 Å². The van der Waals surface area contributed by atoms with E-state index in [9.17, 15) is 13.2 Å². The Morgan fingerprint density at radius 3 is 1.25 bits per heavy atom. The third-order valence-corrected chi connectivity index (χ3v) is 0. The Balaban J connectivity index is 0. The van der Waals surface area contributed by atoms with Crippen molar-refractivity contribution in [3.63, 3.8) is 0 Å². The van der Waals surface area contributed by atoms with Gasteiger partial charge in [0.25, 0.3) is 0 Å². The number of hydrogen-bond acceptors (Lipinski definition) is 2. The third-order valence-electron chi connectivity index (χ3n) is 0. The summed E-state index contributed by atoms with van der Waals surface area (Å²) >= 11 is 1.73. The molecule has 0 unspecified atom stereocenters. The second-order valence-corrected chi connectivity index (χ2v) is 2.42. The molecule has 0 heterocycles. The van der Waals surface area contributed by atoms with Crippen LogP contribution in [-0.4, -0.2) is 15.1 Å². The van der Waals surface area contributed by atoms with Crippen molar-refractivity contribution < 1.29 is 38.1 Å². The Bertz CT molecular complexity index is 115. The molecule has 0 spiro atoms. The molecule has 8 heavy (non-hydrogen) atoms. The first-order valence-electron chi connectivity index (χ1n) is 1.12. The van der Waals surface area contributed by atoms with Crippen LogP contribution in [-0.2, 0) is 24.7 Å². The Labute approximate surface area is 53.5 Å². The molecule has 0 amide bonds. The summed E-state index contributed by atoms with van der Waals surface area (Å²) in [7, 11) is -1.97. The molecule has 0 radical (unpaired) electrons. The zero-order valence-corrected chi connectivity index (χ0v) is 5.72. The van der Waals surface area contributed by atoms with Crippen LogP contribution in [0.4, 0.5) is 13.2 Å². The standard InChI is InChI=1S/CHF3.O2S.Rh/c2-1(3)4;1-3-2;/h1H;;. The molecule has 0 aliphatic carbocycles. The minimum absolute atomic E-state index is 1.73. The van der Waals surface area contributed by atoms with Gasteiger partial charge in [0, 0.05) is 0 Å². The van der Waals surface area contributed by atoms with E-state index in [4.69, 9.17) is 8.42 Å². The van der Waals surface area contributed by atoms with Crippen molar-refractivity contribution in [3.8, 4) is 0 Å². The molecule has 0 saturated heterocycles. The summed E-state index contributed by atoms with van der Waals surface area (Å²) in [4.78, 5) is 0. The van der Waals surface area contributed by atoms with E-state index in [2.05, 4.69) is 0 Å². The van der Waals surface area contributed by atoms with Gasteiger partial charge in [0.2, 0.25) is 0 Å². The van der Waals surface area contributed by atoms with Gasteiger partial charge in [-0.15, -0.1) is 0 Å². The molecule has 0 aliphatic heterocycles. The molecule has 0 atom stereocenters. The summed E-state index contributed by atoms with van der Waals surface area (Å²) < 4.78 is 46.9. The van der Waals surface area contributed by atoms with Crippen LogP contribution in [0.15, 0.2) is 0 Å². The molecule has 7 heteroatoms. The normalized spacial score (nSPS) is 7.62. The van der Waals surface area contributed by atoms with Crippen LogP contribution in [0.25, 0.3) is 0 Å². The second kappa shape index (κ2) is 7.23. The van der Waals surface area contributed by atoms with Gasteiger partial charge >= 0.3 is 39.8 Å². The fourth-order valence-electron chi connectivity index (χ4n) is 0. The van der Waals surface area contributed by atoms with Gasteiger partial charge in [-0.2, -0.15) is 13.2 Å². The van der Waals surface area contributed by atoms with Crippen molar-refractivity contribution in [1.29, 1.82) is 0 Å². The summed E-state index contributed by atoms with van der Waals surface area (Å²) in [5.74, 6) is 0. The predicted molar refractivity (Wildman–Crippen MR) is 16.0 cm³/mol. The van der Waals surface area contributed by atoms with Crippen molar-refractivity contribution in [1.82, 2.24) is 0 Å². The average molecular weight is 237 g/mol. The van der Waals surface area contributed by atoms with E-state index >= 15 is 0 Å². The zero-order chi connectivity index (χ0) is 7.15. The SMILES string of the molecule is FC(F)F.O=[S](=O)=[Rh]. The van der Waals surface area contributed by atoms with Crippen LogP contribution in [0.5, 0.6) is 0 Å². The molecule has 0 N–H and O–H groups in total. The molecule has 0 aliphatic rings. The van der Waals surface area contributed by atoms with Crippen molar-refractivity contribution in [2.45, 2.75) is 6.68 Å². The van der Waals surface area contributed by atoms with E-state index in [1.54, 1.807) is 16.6 Å². The fraction of sp³-hybridized carbons (Fsp3) is 1.00. The van der Waals surface area contributed by atoms with Gasteiger partial charge in [0.05, 0.1) is 0 Å². The maximum atomic E-state index is 9.67. The molecule has 0 aromatic carbocycles. The van der Waals surface area contributed by atoms with Gasteiger partial charge in [-0.3, -0.25) is 0 Å². The Kier molecular flexibility index (Phi) is 10.0. The molecule has 0 aromatic rings. The Hall–Kier alpha value is 0.233. The van der Waals surface area contributed by atoms with Crippen molar-refractivity contribution in [2.24, 2.45) is 0 Å². The molecule has 0 saturated carbocycles. The molecule has 0 fully saturated rings. The topological polar surface area (TPSA) is 34.1 Å². The van der Waals surface area contributed by atoms with E-state index < -0.39 is 14.9 Å². The maximum absolute atomic E-state index is 9.67. The van der Waals surface area contributed by atoms with E-state index in [0.717, 1.165) is 0 Å².